The maximum Gasteiger partial charge on any atom is 0.337 e. The van der Waals surface area contributed by atoms with E-state index >= 15 is 0 Å². The van der Waals surface area contributed by atoms with Crippen molar-refractivity contribution in [1.82, 2.24) is 9.97 Å². The summed E-state index contributed by atoms with van der Waals surface area (Å²) in [5.74, 6) is -0.617. The number of hydrogen-bond donors (Lipinski definition) is 2. The minimum atomic E-state index is -1.07. The molecule has 0 aromatic carbocycles. The summed E-state index contributed by atoms with van der Waals surface area (Å²) in [5.41, 5.74) is 2.64. The number of anilines is 1. The van der Waals surface area contributed by atoms with Crippen molar-refractivity contribution < 1.29 is 9.90 Å². The van der Waals surface area contributed by atoms with Crippen LogP contribution in [0.15, 0.2) is 23.2 Å². The summed E-state index contributed by atoms with van der Waals surface area (Å²) in [7, 11) is 0. The van der Waals surface area contributed by atoms with E-state index in [-0.39, 0.29) is 10.6 Å². The number of nitrogens with one attached hydrogen (secondary N) is 1. The van der Waals surface area contributed by atoms with Gasteiger partial charge in [-0.15, -0.1) is 11.3 Å². The van der Waals surface area contributed by atoms with Crippen LogP contribution < -0.4 is 5.32 Å². The van der Waals surface area contributed by atoms with Crippen LogP contribution in [-0.2, 0) is 6.54 Å². The van der Waals surface area contributed by atoms with Gasteiger partial charge in [-0.3, -0.25) is 0 Å². The number of carboxylic acid groups (broad SMARTS) is 1. The molecule has 7 heteroatoms. The lowest BCUT2D eigenvalue weighted by atomic mass is 10.2. The van der Waals surface area contributed by atoms with Crippen LogP contribution in [0.2, 0.25) is 5.02 Å². The molecule has 2 N–H and O–H groups in total. The van der Waals surface area contributed by atoms with E-state index < -0.39 is 5.97 Å². The van der Waals surface area contributed by atoms with Gasteiger partial charge in [-0.2, -0.15) is 0 Å². The molecule has 0 fully saturated rings. The summed E-state index contributed by atoms with van der Waals surface area (Å²) in [5, 5.41) is 13.9. The van der Waals surface area contributed by atoms with E-state index in [1.54, 1.807) is 5.51 Å². The van der Waals surface area contributed by atoms with Crippen LogP contribution in [0.1, 0.15) is 16.1 Å². The standard InChI is InChI=1S/C10H8ClN3O2S/c11-8-3-13-9(1-7(8)10(15)16)12-2-6-4-17-5-14-6/h1,3-5H,2H2,(H,12,13)(H,15,16). The van der Waals surface area contributed by atoms with Crippen LogP contribution >= 0.6 is 22.9 Å². The second kappa shape index (κ2) is 5.11. The van der Waals surface area contributed by atoms with Crippen molar-refractivity contribution in [3.63, 3.8) is 0 Å². The third-order valence-corrected chi connectivity index (χ3v) is 2.96. The molecule has 2 heterocycles. The highest BCUT2D eigenvalue weighted by Gasteiger charge is 2.10. The highest BCUT2D eigenvalue weighted by atomic mass is 35.5. The highest BCUT2D eigenvalue weighted by molar-refractivity contribution is 7.07. The van der Waals surface area contributed by atoms with Gasteiger partial charge in [-0.1, -0.05) is 11.6 Å². The van der Waals surface area contributed by atoms with Gasteiger partial charge in [0.05, 0.1) is 28.3 Å². The number of nitrogens with zero attached hydrogens (tertiary/aromatic N) is 2. The SMILES string of the molecule is O=C(O)c1cc(NCc2cscn2)ncc1Cl. The lowest BCUT2D eigenvalue weighted by molar-refractivity contribution is 0.0697. The van der Waals surface area contributed by atoms with Crippen molar-refractivity contribution >= 4 is 34.7 Å². The predicted octanol–water partition coefficient (Wildman–Crippen LogP) is 2.50. The zero-order chi connectivity index (χ0) is 12.3. The van der Waals surface area contributed by atoms with Gasteiger partial charge in [0.25, 0.3) is 0 Å². The average Bonchev–Trinajstić information content (AvgIpc) is 2.80. The molecule has 0 saturated carbocycles. The molecule has 0 aliphatic carbocycles. The number of halogens is 1. The Bertz CT molecular complexity index is 530. The number of rotatable bonds is 4. The second-order valence-corrected chi connectivity index (χ2v) is 4.31. The Labute approximate surface area is 106 Å². The molecular formula is C10H8ClN3O2S. The molecule has 0 unspecified atom stereocenters. The first kappa shape index (κ1) is 11.8. The minimum absolute atomic E-state index is 0.0300. The molecule has 2 rings (SSSR count). The van der Waals surface area contributed by atoms with Gasteiger partial charge in [-0.05, 0) is 6.07 Å². The number of aromatic nitrogens is 2. The van der Waals surface area contributed by atoms with Crippen LogP contribution in [0, 0.1) is 0 Å². The summed E-state index contributed by atoms with van der Waals surface area (Å²) >= 11 is 7.21. The predicted molar refractivity (Wildman–Crippen MR) is 65.6 cm³/mol. The molecule has 88 valence electrons. The number of hydrogen-bond acceptors (Lipinski definition) is 5. The molecule has 0 radical (unpaired) electrons. The third-order valence-electron chi connectivity index (χ3n) is 2.02. The summed E-state index contributed by atoms with van der Waals surface area (Å²) in [6, 6.07) is 1.40. The van der Waals surface area contributed by atoms with E-state index in [9.17, 15) is 4.79 Å². The summed E-state index contributed by atoms with van der Waals surface area (Å²) in [6.07, 6.45) is 1.31. The number of carbonyl (C=O) groups is 1. The Morgan fingerprint density at radius 3 is 3.00 bits per heavy atom. The topological polar surface area (TPSA) is 75.1 Å². The Morgan fingerprint density at radius 2 is 2.35 bits per heavy atom. The molecule has 17 heavy (non-hydrogen) atoms. The molecule has 0 amide bonds. The fourth-order valence-electron chi connectivity index (χ4n) is 1.21. The van der Waals surface area contributed by atoms with Crippen molar-refractivity contribution in [2.45, 2.75) is 6.54 Å². The highest BCUT2D eigenvalue weighted by Crippen LogP contribution is 2.18. The fourth-order valence-corrected chi connectivity index (χ4v) is 1.95. The summed E-state index contributed by atoms with van der Waals surface area (Å²) < 4.78 is 0. The van der Waals surface area contributed by atoms with Gasteiger partial charge in [0.1, 0.15) is 5.82 Å². The van der Waals surface area contributed by atoms with Crippen LogP contribution in [0.4, 0.5) is 5.82 Å². The van der Waals surface area contributed by atoms with Gasteiger partial charge in [0, 0.05) is 11.6 Å². The Hall–Kier alpha value is -1.66. The first-order valence-corrected chi connectivity index (χ1v) is 5.98. The number of thiazole rings is 1. The van der Waals surface area contributed by atoms with Crippen LogP contribution in [0.25, 0.3) is 0 Å². The molecule has 0 spiro atoms. The number of carboxylic acids is 1. The Morgan fingerprint density at radius 1 is 1.53 bits per heavy atom. The van der Waals surface area contributed by atoms with Crippen molar-refractivity contribution in [1.29, 1.82) is 0 Å². The lowest BCUT2D eigenvalue weighted by Gasteiger charge is -2.05. The largest absolute Gasteiger partial charge is 0.478 e. The van der Waals surface area contributed by atoms with Gasteiger partial charge in [0.2, 0.25) is 0 Å². The first-order chi connectivity index (χ1) is 8.16. The molecule has 0 saturated heterocycles. The minimum Gasteiger partial charge on any atom is -0.478 e. The van der Waals surface area contributed by atoms with Gasteiger partial charge < -0.3 is 10.4 Å². The van der Waals surface area contributed by atoms with E-state index in [0.29, 0.717) is 12.4 Å². The van der Waals surface area contributed by atoms with E-state index in [1.807, 2.05) is 5.38 Å². The zero-order valence-corrected chi connectivity index (χ0v) is 10.1. The smallest absolute Gasteiger partial charge is 0.337 e. The quantitative estimate of drug-likeness (QED) is 0.892. The van der Waals surface area contributed by atoms with Crippen molar-refractivity contribution in [3.8, 4) is 0 Å². The Balaban J connectivity index is 2.11. The zero-order valence-electron chi connectivity index (χ0n) is 8.55. The van der Waals surface area contributed by atoms with Crippen molar-refractivity contribution in [3.05, 3.63) is 39.4 Å². The summed E-state index contributed by atoms with van der Waals surface area (Å²) in [6.45, 7) is 0.497. The van der Waals surface area contributed by atoms with E-state index in [2.05, 4.69) is 15.3 Å². The van der Waals surface area contributed by atoms with Crippen molar-refractivity contribution in [2.24, 2.45) is 0 Å². The molecule has 5 nitrogen and oxygen atoms in total. The molecule has 2 aromatic rings. The molecule has 2 aromatic heterocycles. The molecular weight excluding hydrogens is 262 g/mol. The normalized spacial score (nSPS) is 10.2. The van der Waals surface area contributed by atoms with E-state index in [4.69, 9.17) is 16.7 Å². The molecule has 0 aliphatic heterocycles. The summed E-state index contributed by atoms with van der Waals surface area (Å²) in [4.78, 5) is 18.9. The van der Waals surface area contributed by atoms with Crippen molar-refractivity contribution in [2.75, 3.05) is 5.32 Å². The van der Waals surface area contributed by atoms with Gasteiger partial charge in [-0.25, -0.2) is 14.8 Å². The van der Waals surface area contributed by atoms with E-state index in [1.165, 1.54) is 23.6 Å². The maximum atomic E-state index is 10.9. The van der Waals surface area contributed by atoms with Crippen LogP contribution in [0.5, 0.6) is 0 Å². The lowest BCUT2D eigenvalue weighted by Crippen LogP contribution is -2.04. The second-order valence-electron chi connectivity index (χ2n) is 3.19. The van der Waals surface area contributed by atoms with Crippen LogP contribution in [0.3, 0.4) is 0 Å². The van der Waals surface area contributed by atoms with Crippen LogP contribution in [-0.4, -0.2) is 21.0 Å². The van der Waals surface area contributed by atoms with Gasteiger partial charge >= 0.3 is 5.97 Å². The number of aromatic carboxylic acids is 1. The fraction of sp³-hybridized carbons (Fsp3) is 0.100. The Kier molecular flexibility index (Phi) is 3.55. The maximum absolute atomic E-state index is 10.9. The van der Waals surface area contributed by atoms with Gasteiger partial charge in [0.15, 0.2) is 0 Å². The number of pyridine rings is 1. The first-order valence-electron chi connectivity index (χ1n) is 4.66. The average molecular weight is 270 g/mol. The molecule has 0 atom stereocenters. The third kappa shape index (κ3) is 2.92. The van der Waals surface area contributed by atoms with E-state index in [0.717, 1.165) is 5.69 Å². The monoisotopic (exact) mass is 269 g/mol. The molecule has 0 bridgehead atoms. The molecule has 0 aliphatic rings.